The van der Waals surface area contributed by atoms with E-state index in [2.05, 4.69) is 20.8 Å². The molecule has 0 aromatic heterocycles. The SMILES string of the molecule is CCCCCCCCCCCCC1(CCCCCCCCCCC)CCCCCCCCCCCC(CCCCCCCCCCCC(=O)O)(CCCCCCCCCCCC(=O)O)C1(CCCCCCCCCCC)CCCCCCCCCCCC(=O)O. The first-order valence-electron chi connectivity index (χ1n) is 41.8. The molecule has 1 rings (SSSR count). The highest BCUT2D eigenvalue weighted by Gasteiger charge is 2.59. The third kappa shape index (κ3) is 48.2. The molecule has 0 amide bonds. The van der Waals surface area contributed by atoms with Gasteiger partial charge in [0.15, 0.2) is 0 Å². The third-order valence-corrected chi connectivity index (χ3v) is 22.9. The molecule has 0 spiro atoms. The van der Waals surface area contributed by atoms with Gasteiger partial charge in [-0.25, -0.2) is 0 Å². The molecule has 6 nitrogen and oxygen atoms in total. The Kier molecular flexibility index (Phi) is 62.2. The average Bonchev–Trinajstić information content (AvgIpc) is 0.741. The third-order valence-electron chi connectivity index (χ3n) is 22.9. The van der Waals surface area contributed by atoms with Crippen LogP contribution in [-0.2, 0) is 14.4 Å². The standard InChI is InChI=1S/C84H162O6/c1-4-7-10-13-16-19-29-39-50-61-72-82(71-60-49-38-27-17-14-11-8-5-2)75-64-53-42-32-23-33-43-54-65-76-83(73-62-51-40-30-20-24-35-46-57-68-79(85)86,74-63-52-41-31-21-25-36-47-58-69-80(87)88)84(82,77-66-55-44-28-18-15-12-9-6-3)78-67-56-45-34-22-26-37-48-59-70-81(89)90/h4-78H2,1-3H3,(H,85,86)(H,87,88)(H,89,90). The molecule has 0 radical (unpaired) electrons. The molecule has 0 aliphatic heterocycles. The number of rotatable bonds is 67. The average molecular weight is 1270 g/mol. The number of carbonyl (C=O) groups is 3. The van der Waals surface area contributed by atoms with Gasteiger partial charge in [-0.3, -0.25) is 14.4 Å². The summed E-state index contributed by atoms with van der Waals surface area (Å²) in [6.45, 7) is 7.07. The number of aliphatic carboxylic acids is 3. The van der Waals surface area contributed by atoms with Crippen LogP contribution in [0.4, 0.5) is 0 Å². The summed E-state index contributed by atoms with van der Waals surface area (Å²) < 4.78 is 0. The highest BCUT2D eigenvalue weighted by atomic mass is 16.4. The van der Waals surface area contributed by atoms with Crippen molar-refractivity contribution in [1.82, 2.24) is 0 Å². The van der Waals surface area contributed by atoms with Gasteiger partial charge in [0.1, 0.15) is 0 Å². The molecular weight excluding hydrogens is 1100 g/mol. The minimum Gasteiger partial charge on any atom is -0.481 e. The molecule has 1 saturated carbocycles. The van der Waals surface area contributed by atoms with Gasteiger partial charge in [-0.1, -0.05) is 412 Å². The van der Waals surface area contributed by atoms with Crippen LogP contribution in [0.25, 0.3) is 0 Å². The van der Waals surface area contributed by atoms with Crippen LogP contribution in [0.1, 0.15) is 502 Å². The van der Waals surface area contributed by atoms with E-state index in [1.807, 2.05) is 0 Å². The molecule has 90 heavy (non-hydrogen) atoms. The summed E-state index contributed by atoms with van der Waals surface area (Å²) in [5, 5.41) is 27.7. The highest BCUT2D eigenvalue weighted by Crippen LogP contribution is 2.69. The molecule has 1 aliphatic rings. The van der Waals surface area contributed by atoms with E-state index < -0.39 is 17.9 Å². The quantitative estimate of drug-likeness (QED) is 0.0523. The van der Waals surface area contributed by atoms with Crippen molar-refractivity contribution in [3.8, 4) is 0 Å². The Labute approximate surface area is 563 Å². The summed E-state index contributed by atoms with van der Waals surface area (Å²) in [5.41, 5.74) is 1.09. The lowest BCUT2D eigenvalue weighted by Gasteiger charge is -2.64. The molecule has 1 fully saturated rings. The summed E-state index contributed by atoms with van der Waals surface area (Å²) in [7, 11) is 0. The molecule has 0 heterocycles. The maximum atomic E-state index is 11.3. The molecule has 0 bridgehead atoms. The molecular formula is C84H162O6. The first kappa shape index (κ1) is 86.4. The van der Waals surface area contributed by atoms with Crippen molar-refractivity contribution in [3.63, 3.8) is 0 Å². The Morgan fingerprint density at radius 3 is 0.556 bits per heavy atom. The zero-order valence-corrected chi connectivity index (χ0v) is 61.6. The summed E-state index contributed by atoms with van der Waals surface area (Å²) in [6.07, 6.45) is 98.6. The summed E-state index contributed by atoms with van der Waals surface area (Å²) in [5.74, 6) is -1.94. The Balaban J connectivity index is 4.13. The second kappa shape index (κ2) is 64.7. The van der Waals surface area contributed by atoms with Crippen LogP contribution >= 0.6 is 0 Å². The predicted molar refractivity (Wildman–Crippen MR) is 394 cm³/mol. The summed E-state index contributed by atoms with van der Waals surface area (Å²) in [6, 6.07) is 0. The second-order valence-corrected chi connectivity index (χ2v) is 30.6. The largest absolute Gasteiger partial charge is 0.481 e. The van der Waals surface area contributed by atoms with Crippen LogP contribution in [-0.4, -0.2) is 33.2 Å². The first-order chi connectivity index (χ1) is 44.1. The van der Waals surface area contributed by atoms with Crippen LogP contribution in [0.2, 0.25) is 0 Å². The van der Waals surface area contributed by atoms with Crippen LogP contribution in [0.15, 0.2) is 0 Å². The Morgan fingerprint density at radius 2 is 0.367 bits per heavy atom. The fourth-order valence-electron chi connectivity index (χ4n) is 17.5. The molecule has 2 unspecified atom stereocenters. The van der Waals surface area contributed by atoms with Gasteiger partial charge < -0.3 is 15.3 Å². The molecule has 6 heteroatoms. The number of hydrogen-bond acceptors (Lipinski definition) is 3. The van der Waals surface area contributed by atoms with E-state index in [0.717, 1.165) is 38.5 Å². The zero-order valence-electron chi connectivity index (χ0n) is 61.6. The number of hydrogen-bond donors (Lipinski definition) is 3. The van der Waals surface area contributed by atoms with Gasteiger partial charge in [-0.15, -0.1) is 0 Å². The Bertz CT molecular complexity index is 1490. The van der Waals surface area contributed by atoms with Gasteiger partial charge in [0.25, 0.3) is 0 Å². The van der Waals surface area contributed by atoms with Gasteiger partial charge in [-0.05, 0) is 86.9 Å². The normalized spacial score (nSPS) is 17.6. The predicted octanol–water partition coefficient (Wildman–Crippen LogP) is 29.5. The topological polar surface area (TPSA) is 112 Å². The monoisotopic (exact) mass is 1270 g/mol. The Hall–Kier alpha value is -1.59. The van der Waals surface area contributed by atoms with E-state index in [-0.39, 0.29) is 0 Å². The summed E-state index contributed by atoms with van der Waals surface area (Å²) in [4.78, 5) is 33.7. The molecule has 3 N–H and O–H groups in total. The van der Waals surface area contributed by atoms with Crippen molar-refractivity contribution in [1.29, 1.82) is 0 Å². The van der Waals surface area contributed by atoms with Crippen LogP contribution < -0.4 is 0 Å². The molecule has 2 atom stereocenters. The lowest BCUT2D eigenvalue weighted by molar-refractivity contribution is -0.141. The maximum Gasteiger partial charge on any atom is 0.303 e. The van der Waals surface area contributed by atoms with E-state index in [0.29, 0.717) is 35.5 Å². The van der Waals surface area contributed by atoms with Crippen molar-refractivity contribution < 1.29 is 29.7 Å². The van der Waals surface area contributed by atoms with E-state index in [4.69, 9.17) is 0 Å². The smallest absolute Gasteiger partial charge is 0.303 e. The number of carboxylic acid groups (broad SMARTS) is 3. The minimum atomic E-state index is -0.648. The van der Waals surface area contributed by atoms with Crippen molar-refractivity contribution in [2.24, 2.45) is 16.2 Å². The van der Waals surface area contributed by atoms with Gasteiger partial charge in [-0.2, -0.15) is 0 Å². The Morgan fingerprint density at radius 1 is 0.211 bits per heavy atom. The van der Waals surface area contributed by atoms with Crippen molar-refractivity contribution in [2.45, 2.75) is 502 Å². The van der Waals surface area contributed by atoms with Crippen LogP contribution in [0.5, 0.6) is 0 Å². The van der Waals surface area contributed by atoms with Crippen LogP contribution in [0, 0.1) is 16.2 Å². The van der Waals surface area contributed by atoms with Gasteiger partial charge in [0.05, 0.1) is 0 Å². The number of unbranched alkanes of at least 4 members (excludes halogenated alkanes) is 49. The summed E-state index contributed by atoms with van der Waals surface area (Å²) >= 11 is 0. The van der Waals surface area contributed by atoms with Gasteiger partial charge in [0.2, 0.25) is 0 Å². The molecule has 0 aromatic rings. The van der Waals surface area contributed by atoms with E-state index in [9.17, 15) is 29.7 Å². The van der Waals surface area contributed by atoms with Gasteiger partial charge in [0, 0.05) is 19.3 Å². The maximum absolute atomic E-state index is 11.3. The van der Waals surface area contributed by atoms with E-state index in [1.165, 1.54) is 424 Å². The van der Waals surface area contributed by atoms with Crippen molar-refractivity contribution in [3.05, 3.63) is 0 Å². The van der Waals surface area contributed by atoms with E-state index in [1.54, 1.807) is 0 Å². The second-order valence-electron chi connectivity index (χ2n) is 30.6. The number of carboxylic acids is 3. The fourth-order valence-corrected chi connectivity index (χ4v) is 17.5. The molecule has 534 valence electrons. The molecule has 0 aromatic carbocycles. The lowest BCUT2D eigenvalue weighted by Crippen LogP contribution is -2.54. The fraction of sp³-hybridized carbons (Fsp3) is 0.964. The van der Waals surface area contributed by atoms with Gasteiger partial charge >= 0.3 is 17.9 Å². The molecule has 1 aliphatic carbocycles. The van der Waals surface area contributed by atoms with Crippen molar-refractivity contribution in [2.75, 3.05) is 0 Å². The van der Waals surface area contributed by atoms with Crippen LogP contribution in [0.3, 0.4) is 0 Å². The van der Waals surface area contributed by atoms with Crippen molar-refractivity contribution >= 4 is 17.9 Å². The zero-order chi connectivity index (χ0) is 65.3. The minimum absolute atomic E-state index is 0.318. The first-order valence-corrected chi connectivity index (χ1v) is 41.8. The highest BCUT2D eigenvalue weighted by molar-refractivity contribution is 5.67. The lowest BCUT2D eigenvalue weighted by atomic mass is 9.41. The van der Waals surface area contributed by atoms with E-state index >= 15 is 0 Å². The molecule has 0 saturated heterocycles.